The number of allylic oxidation sites excluding steroid dienone is 2. The Labute approximate surface area is 238 Å². The van der Waals surface area contributed by atoms with Gasteiger partial charge in [0.1, 0.15) is 5.58 Å². The number of carbonyl (C=O) groups is 1. The molecule has 41 heavy (non-hydrogen) atoms. The van der Waals surface area contributed by atoms with Crippen molar-refractivity contribution in [3.05, 3.63) is 131 Å². The van der Waals surface area contributed by atoms with Crippen molar-refractivity contribution in [2.45, 2.75) is 25.7 Å². The lowest BCUT2D eigenvalue weighted by atomic mass is 9.95. The van der Waals surface area contributed by atoms with Crippen molar-refractivity contribution in [2.75, 3.05) is 10.0 Å². The third kappa shape index (κ3) is 5.29. The molecule has 0 spiro atoms. The monoisotopic (exact) mass is 561 g/mol. The fourth-order valence-corrected chi connectivity index (χ4v) is 5.70. The second-order valence-electron chi connectivity index (χ2n) is 10.1. The lowest BCUT2D eigenvalue weighted by Gasteiger charge is -2.18. The van der Waals surface area contributed by atoms with Gasteiger partial charge in [-0.1, -0.05) is 53.1 Å². The SMILES string of the molecule is Cc1ccc(N=C2C(Nc3ccc(C)cc3)=CC(=O)c3oc4ccc(NS(=O)(=O)c5ccc(C)cc5)cc4c32)cc1. The zero-order valence-corrected chi connectivity index (χ0v) is 23.5. The van der Waals surface area contributed by atoms with Crippen LogP contribution in [0.2, 0.25) is 0 Å². The molecule has 0 bridgehead atoms. The Kier molecular flexibility index (Phi) is 6.55. The molecule has 5 aromatic rings. The van der Waals surface area contributed by atoms with E-state index < -0.39 is 10.0 Å². The molecule has 0 radical (unpaired) electrons. The van der Waals surface area contributed by atoms with Gasteiger partial charge in [0.25, 0.3) is 10.0 Å². The number of aryl methyl sites for hydroxylation is 3. The van der Waals surface area contributed by atoms with Crippen LogP contribution in [0.5, 0.6) is 0 Å². The molecule has 4 aromatic carbocycles. The Morgan fingerprint density at radius 3 is 1.98 bits per heavy atom. The zero-order chi connectivity index (χ0) is 28.7. The van der Waals surface area contributed by atoms with Crippen LogP contribution in [0.4, 0.5) is 17.1 Å². The molecular weight excluding hydrogens is 534 g/mol. The summed E-state index contributed by atoms with van der Waals surface area (Å²) >= 11 is 0. The Morgan fingerprint density at radius 2 is 1.32 bits per heavy atom. The van der Waals surface area contributed by atoms with Gasteiger partial charge in [-0.2, -0.15) is 0 Å². The standard InChI is InChI=1S/C33H27N3O4S/c1-20-4-10-23(11-5-20)34-28-19-29(37)33-31(32(28)35-24-12-6-21(2)7-13-24)27-18-25(14-17-30(27)40-33)36-41(38,39)26-15-8-22(3)9-16-26/h4-19,34,36H,1-3H3. The predicted octanol–water partition coefficient (Wildman–Crippen LogP) is 7.47. The topological polar surface area (TPSA) is 101 Å². The first-order valence-electron chi connectivity index (χ1n) is 13.1. The normalized spacial score (nSPS) is 14.2. The number of rotatable bonds is 6. The van der Waals surface area contributed by atoms with Crippen molar-refractivity contribution in [1.82, 2.24) is 0 Å². The maximum Gasteiger partial charge on any atom is 0.261 e. The van der Waals surface area contributed by atoms with Crippen molar-refractivity contribution in [3.63, 3.8) is 0 Å². The average molecular weight is 562 g/mol. The molecule has 8 heteroatoms. The van der Waals surface area contributed by atoms with E-state index in [-0.39, 0.29) is 16.4 Å². The molecule has 0 saturated carbocycles. The minimum atomic E-state index is -3.84. The number of anilines is 2. The molecule has 0 fully saturated rings. The molecule has 2 N–H and O–H groups in total. The van der Waals surface area contributed by atoms with Gasteiger partial charge < -0.3 is 9.73 Å². The third-order valence-corrected chi connectivity index (χ3v) is 8.27. The van der Waals surface area contributed by atoms with Crippen LogP contribution in [0.1, 0.15) is 32.8 Å². The van der Waals surface area contributed by atoms with Crippen LogP contribution in [0.3, 0.4) is 0 Å². The minimum Gasteiger partial charge on any atom is -0.452 e. The van der Waals surface area contributed by atoms with E-state index in [2.05, 4.69) is 10.0 Å². The van der Waals surface area contributed by atoms with Crippen LogP contribution in [0, 0.1) is 20.8 Å². The van der Waals surface area contributed by atoms with Gasteiger partial charge in [0.2, 0.25) is 5.78 Å². The van der Waals surface area contributed by atoms with E-state index >= 15 is 0 Å². The number of hydrogen-bond acceptors (Lipinski definition) is 6. The molecule has 0 amide bonds. The number of furan rings is 1. The number of fused-ring (bicyclic) bond motifs is 3. The Bertz CT molecular complexity index is 1970. The molecule has 7 nitrogen and oxygen atoms in total. The summed E-state index contributed by atoms with van der Waals surface area (Å²) in [5, 5.41) is 3.92. The number of ketones is 1. The highest BCUT2D eigenvalue weighted by molar-refractivity contribution is 7.92. The highest BCUT2D eigenvalue weighted by Crippen LogP contribution is 2.36. The second-order valence-corrected chi connectivity index (χ2v) is 11.8. The molecule has 0 saturated heterocycles. The first kappa shape index (κ1) is 26.3. The fourth-order valence-electron chi connectivity index (χ4n) is 4.65. The fraction of sp³-hybridized carbons (Fsp3) is 0.0909. The first-order chi connectivity index (χ1) is 19.7. The van der Waals surface area contributed by atoms with E-state index in [1.165, 1.54) is 6.08 Å². The summed E-state index contributed by atoms with van der Waals surface area (Å²) in [6.45, 7) is 5.90. The molecule has 1 aromatic heterocycles. The van der Waals surface area contributed by atoms with Gasteiger partial charge in [0.15, 0.2) is 5.76 Å². The van der Waals surface area contributed by atoms with Crippen LogP contribution in [-0.4, -0.2) is 19.9 Å². The smallest absolute Gasteiger partial charge is 0.261 e. The lowest BCUT2D eigenvalue weighted by Crippen LogP contribution is -2.21. The lowest BCUT2D eigenvalue weighted by molar-refractivity contribution is 0.102. The van der Waals surface area contributed by atoms with E-state index in [1.807, 2.05) is 69.3 Å². The Hall–Kier alpha value is -4.95. The molecule has 6 rings (SSSR count). The number of nitrogens with one attached hydrogen (secondary N) is 2. The molecule has 1 aliphatic carbocycles. The minimum absolute atomic E-state index is 0.152. The molecule has 204 valence electrons. The number of benzene rings is 4. The Balaban J connectivity index is 1.47. The third-order valence-electron chi connectivity index (χ3n) is 6.87. The van der Waals surface area contributed by atoms with Crippen LogP contribution in [-0.2, 0) is 10.0 Å². The summed E-state index contributed by atoms with van der Waals surface area (Å²) in [5.41, 5.74) is 6.99. The molecule has 1 heterocycles. The summed E-state index contributed by atoms with van der Waals surface area (Å²) in [4.78, 5) is 18.4. The van der Waals surface area contributed by atoms with Crippen LogP contribution >= 0.6 is 0 Å². The van der Waals surface area contributed by atoms with E-state index in [1.54, 1.807) is 42.5 Å². The van der Waals surface area contributed by atoms with Crippen LogP contribution < -0.4 is 10.0 Å². The molecule has 0 aliphatic heterocycles. The van der Waals surface area contributed by atoms with Gasteiger partial charge >= 0.3 is 0 Å². The number of sulfonamides is 1. The summed E-state index contributed by atoms with van der Waals surface area (Å²) in [5.74, 6) is -0.158. The van der Waals surface area contributed by atoms with Gasteiger partial charge in [0, 0.05) is 22.8 Å². The van der Waals surface area contributed by atoms with Gasteiger partial charge in [-0.15, -0.1) is 0 Å². The van der Waals surface area contributed by atoms with Crippen molar-refractivity contribution in [1.29, 1.82) is 0 Å². The van der Waals surface area contributed by atoms with E-state index in [0.717, 1.165) is 22.4 Å². The van der Waals surface area contributed by atoms with Crippen molar-refractivity contribution in [2.24, 2.45) is 4.99 Å². The van der Waals surface area contributed by atoms with Gasteiger partial charge in [-0.25, -0.2) is 13.4 Å². The summed E-state index contributed by atoms with van der Waals surface area (Å²) < 4.78 is 34.9. The largest absolute Gasteiger partial charge is 0.452 e. The van der Waals surface area contributed by atoms with E-state index in [4.69, 9.17) is 9.41 Å². The predicted molar refractivity (Wildman–Crippen MR) is 163 cm³/mol. The number of nitrogens with zero attached hydrogens (tertiary/aromatic N) is 1. The average Bonchev–Trinajstić information content (AvgIpc) is 3.33. The van der Waals surface area contributed by atoms with Crippen molar-refractivity contribution >= 4 is 49.5 Å². The number of hydrogen-bond donors (Lipinski definition) is 2. The molecular formula is C33H27N3O4S. The summed E-state index contributed by atoms with van der Waals surface area (Å²) in [6, 6.07) is 27.2. The summed E-state index contributed by atoms with van der Waals surface area (Å²) in [6.07, 6.45) is 1.48. The van der Waals surface area contributed by atoms with Gasteiger partial charge in [0.05, 0.1) is 27.6 Å². The zero-order valence-electron chi connectivity index (χ0n) is 22.7. The quantitative estimate of drug-likeness (QED) is 0.224. The van der Waals surface area contributed by atoms with Crippen LogP contribution in [0.15, 0.2) is 117 Å². The maximum absolute atomic E-state index is 13.3. The van der Waals surface area contributed by atoms with E-state index in [9.17, 15) is 13.2 Å². The van der Waals surface area contributed by atoms with Crippen LogP contribution in [0.25, 0.3) is 11.0 Å². The van der Waals surface area contributed by atoms with Gasteiger partial charge in [-0.3, -0.25) is 9.52 Å². The molecule has 1 aliphatic rings. The van der Waals surface area contributed by atoms with Crippen molar-refractivity contribution in [3.8, 4) is 0 Å². The molecule has 0 unspecified atom stereocenters. The summed E-state index contributed by atoms with van der Waals surface area (Å²) in [7, 11) is -3.84. The maximum atomic E-state index is 13.3. The highest BCUT2D eigenvalue weighted by Gasteiger charge is 2.31. The first-order valence-corrected chi connectivity index (χ1v) is 14.6. The number of carbonyl (C=O) groups excluding carboxylic acids is 1. The Morgan fingerprint density at radius 1 is 0.732 bits per heavy atom. The van der Waals surface area contributed by atoms with Crippen molar-refractivity contribution < 1.29 is 17.6 Å². The second kappa shape index (κ2) is 10.2. The molecule has 0 atom stereocenters. The highest BCUT2D eigenvalue weighted by atomic mass is 32.2. The van der Waals surface area contributed by atoms with Gasteiger partial charge in [-0.05, 0) is 75.4 Å². The number of aliphatic imine (C=N–C) groups is 1. The van der Waals surface area contributed by atoms with E-state index in [0.29, 0.717) is 39.3 Å².